The van der Waals surface area contributed by atoms with Gasteiger partial charge in [0.1, 0.15) is 5.78 Å². The lowest BCUT2D eigenvalue weighted by Gasteiger charge is -2.15. The molecule has 6 nitrogen and oxygen atoms in total. The van der Waals surface area contributed by atoms with E-state index in [1.54, 1.807) is 12.1 Å². The Balaban J connectivity index is 1.54. The minimum atomic E-state index is -0.528. The van der Waals surface area contributed by atoms with Crippen LogP contribution in [0.25, 0.3) is 0 Å². The summed E-state index contributed by atoms with van der Waals surface area (Å²) in [6.07, 6.45) is 3.29. The second kappa shape index (κ2) is 5.33. The second-order valence-corrected chi connectivity index (χ2v) is 6.15. The number of ketones is 1. The van der Waals surface area contributed by atoms with E-state index in [1.165, 1.54) is 6.20 Å². The van der Waals surface area contributed by atoms with E-state index in [9.17, 15) is 9.59 Å². The summed E-state index contributed by atoms with van der Waals surface area (Å²) in [7, 11) is 0. The van der Waals surface area contributed by atoms with Gasteiger partial charge in [-0.1, -0.05) is 6.07 Å². The SMILES string of the molecule is NC(=O)c1ccc(CC(=O)C2(c3ccc4c(c3)OCO4)CC2)nc1. The van der Waals surface area contributed by atoms with Gasteiger partial charge in [-0.2, -0.15) is 0 Å². The zero-order valence-electron chi connectivity index (χ0n) is 13.0. The summed E-state index contributed by atoms with van der Waals surface area (Å²) in [5.74, 6) is 1.00. The number of aromatic nitrogens is 1. The molecule has 1 saturated carbocycles. The van der Waals surface area contributed by atoms with E-state index >= 15 is 0 Å². The molecule has 2 N–H and O–H groups in total. The van der Waals surface area contributed by atoms with Gasteiger partial charge in [0.05, 0.1) is 11.0 Å². The quantitative estimate of drug-likeness (QED) is 0.904. The van der Waals surface area contributed by atoms with Gasteiger partial charge < -0.3 is 15.2 Å². The number of hydrogen-bond donors (Lipinski definition) is 1. The Bertz CT molecular complexity index is 825. The highest BCUT2D eigenvalue weighted by atomic mass is 16.7. The standard InChI is InChI=1S/C18H16N2O4/c19-17(22)11-1-3-13(20-9-11)8-16(21)18(5-6-18)12-2-4-14-15(7-12)24-10-23-14/h1-4,7,9H,5-6,8,10H2,(H2,19,22). The van der Waals surface area contributed by atoms with Gasteiger partial charge in [0.2, 0.25) is 12.7 Å². The van der Waals surface area contributed by atoms with Gasteiger partial charge >= 0.3 is 0 Å². The third-order valence-electron chi connectivity index (χ3n) is 4.66. The number of rotatable bonds is 5. The first-order valence-corrected chi connectivity index (χ1v) is 7.77. The lowest BCUT2D eigenvalue weighted by Crippen LogP contribution is -2.23. The Kier molecular flexibility index (Phi) is 3.26. The van der Waals surface area contributed by atoms with E-state index in [4.69, 9.17) is 15.2 Å². The number of benzene rings is 1. The fraction of sp³-hybridized carbons (Fsp3) is 0.278. The van der Waals surface area contributed by atoms with Gasteiger partial charge in [0.25, 0.3) is 0 Å². The maximum Gasteiger partial charge on any atom is 0.250 e. The van der Waals surface area contributed by atoms with E-state index in [-0.39, 0.29) is 19.0 Å². The van der Waals surface area contributed by atoms with Crippen LogP contribution in [0.2, 0.25) is 0 Å². The molecule has 2 aliphatic rings. The van der Waals surface area contributed by atoms with E-state index in [2.05, 4.69) is 4.98 Å². The summed E-state index contributed by atoms with van der Waals surface area (Å²) in [5.41, 5.74) is 6.68. The number of nitrogens with two attached hydrogens (primary N) is 1. The van der Waals surface area contributed by atoms with Crippen molar-refractivity contribution in [2.75, 3.05) is 6.79 Å². The van der Waals surface area contributed by atoms with Gasteiger partial charge in [0.15, 0.2) is 11.5 Å². The van der Waals surface area contributed by atoms with Crippen molar-refractivity contribution in [2.45, 2.75) is 24.7 Å². The number of nitrogens with zero attached hydrogens (tertiary/aromatic N) is 1. The molecule has 1 fully saturated rings. The fourth-order valence-electron chi connectivity index (χ4n) is 3.06. The monoisotopic (exact) mass is 324 g/mol. The first-order chi connectivity index (χ1) is 11.6. The van der Waals surface area contributed by atoms with Gasteiger partial charge in [-0.25, -0.2) is 0 Å². The average Bonchev–Trinajstić information content (AvgIpc) is 3.27. The number of fused-ring (bicyclic) bond motifs is 1. The van der Waals surface area contributed by atoms with Crippen LogP contribution in [0.3, 0.4) is 0 Å². The largest absolute Gasteiger partial charge is 0.454 e. The number of carbonyl (C=O) groups excluding carboxylic acids is 2. The minimum absolute atomic E-state index is 0.126. The molecular formula is C18H16N2O4. The molecule has 0 spiro atoms. The number of primary amides is 1. The zero-order chi connectivity index (χ0) is 16.7. The van der Waals surface area contributed by atoms with Crippen molar-refractivity contribution in [1.82, 2.24) is 4.98 Å². The molecular weight excluding hydrogens is 308 g/mol. The van der Waals surface area contributed by atoms with Crippen molar-refractivity contribution in [3.05, 3.63) is 53.3 Å². The van der Waals surface area contributed by atoms with Crippen LogP contribution in [0.1, 0.15) is 34.5 Å². The molecule has 1 aromatic carbocycles. The molecule has 1 amide bonds. The molecule has 0 bridgehead atoms. The molecule has 0 saturated heterocycles. The van der Waals surface area contributed by atoms with Crippen LogP contribution in [0.15, 0.2) is 36.5 Å². The Morgan fingerprint density at radius 2 is 1.92 bits per heavy atom. The first-order valence-electron chi connectivity index (χ1n) is 7.77. The Labute approximate surface area is 138 Å². The van der Waals surface area contributed by atoms with Crippen LogP contribution in [0, 0.1) is 0 Å². The number of amides is 1. The topological polar surface area (TPSA) is 91.5 Å². The van der Waals surface area contributed by atoms with Crippen molar-refractivity contribution >= 4 is 11.7 Å². The van der Waals surface area contributed by atoms with Gasteiger partial charge in [-0.3, -0.25) is 14.6 Å². The van der Waals surface area contributed by atoms with Crippen LogP contribution in [-0.4, -0.2) is 23.5 Å². The highest BCUT2D eigenvalue weighted by Crippen LogP contribution is 2.51. The fourth-order valence-corrected chi connectivity index (χ4v) is 3.06. The van der Waals surface area contributed by atoms with Crippen molar-refractivity contribution in [3.8, 4) is 11.5 Å². The normalized spacial score (nSPS) is 16.7. The highest BCUT2D eigenvalue weighted by molar-refractivity contribution is 5.95. The van der Waals surface area contributed by atoms with Crippen LogP contribution < -0.4 is 15.2 Å². The van der Waals surface area contributed by atoms with Crippen molar-refractivity contribution < 1.29 is 19.1 Å². The molecule has 2 aromatic rings. The summed E-state index contributed by atoms with van der Waals surface area (Å²) >= 11 is 0. The molecule has 0 unspecified atom stereocenters. The Morgan fingerprint density at radius 1 is 1.12 bits per heavy atom. The molecule has 1 aromatic heterocycles. The minimum Gasteiger partial charge on any atom is -0.454 e. The second-order valence-electron chi connectivity index (χ2n) is 6.15. The van der Waals surface area contributed by atoms with E-state index in [0.29, 0.717) is 22.8 Å². The number of hydrogen-bond acceptors (Lipinski definition) is 5. The number of carbonyl (C=O) groups is 2. The molecule has 0 radical (unpaired) electrons. The Hall–Kier alpha value is -2.89. The predicted molar refractivity (Wildman–Crippen MR) is 84.9 cm³/mol. The summed E-state index contributed by atoms with van der Waals surface area (Å²) in [6, 6.07) is 8.95. The molecule has 4 rings (SSSR count). The first kappa shape index (κ1) is 14.7. The van der Waals surface area contributed by atoms with Crippen LogP contribution in [0.4, 0.5) is 0 Å². The van der Waals surface area contributed by atoms with Crippen LogP contribution in [-0.2, 0) is 16.6 Å². The molecule has 2 heterocycles. The zero-order valence-corrected chi connectivity index (χ0v) is 13.0. The third-order valence-corrected chi connectivity index (χ3v) is 4.66. The predicted octanol–water partition coefficient (Wildman–Crippen LogP) is 1.75. The summed E-state index contributed by atoms with van der Waals surface area (Å²) in [5, 5.41) is 0. The summed E-state index contributed by atoms with van der Waals surface area (Å²) in [6.45, 7) is 0.218. The van der Waals surface area contributed by atoms with Gasteiger partial charge in [-0.05, 0) is 42.7 Å². The van der Waals surface area contributed by atoms with E-state index in [1.807, 2.05) is 18.2 Å². The summed E-state index contributed by atoms with van der Waals surface area (Å²) < 4.78 is 10.7. The maximum atomic E-state index is 12.8. The van der Waals surface area contributed by atoms with Crippen molar-refractivity contribution in [2.24, 2.45) is 5.73 Å². The highest BCUT2D eigenvalue weighted by Gasteiger charge is 2.50. The van der Waals surface area contributed by atoms with Gasteiger partial charge in [0, 0.05) is 18.3 Å². The number of ether oxygens (including phenoxy) is 2. The molecule has 0 atom stereocenters. The number of Topliss-reactive ketones (excluding diaryl/α,β-unsaturated/α-hetero) is 1. The van der Waals surface area contributed by atoms with Crippen LogP contribution in [0.5, 0.6) is 11.5 Å². The maximum absolute atomic E-state index is 12.8. The van der Waals surface area contributed by atoms with Crippen molar-refractivity contribution in [1.29, 1.82) is 0 Å². The molecule has 24 heavy (non-hydrogen) atoms. The number of pyridine rings is 1. The van der Waals surface area contributed by atoms with Crippen LogP contribution >= 0.6 is 0 Å². The van der Waals surface area contributed by atoms with E-state index in [0.717, 1.165) is 18.4 Å². The van der Waals surface area contributed by atoms with Gasteiger partial charge in [-0.15, -0.1) is 0 Å². The lowest BCUT2D eigenvalue weighted by atomic mass is 9.88. The summed E-state index contributed by atoms with van der Waals surface area (Å²) in [4.78, 5) is 28.1. The van der Waals surface area contributed by atoms with Crippen molar-refractivity contribution in [3.63, 3.8) is 0 Å². The Morgan fingerprint density at radius 3 is 2.58 bits per heavy atom. The molecule has 1 aliphatic carbocycles. The third kappa shape index (κ3) is 2.40. The average molecular weight is 324 g/mol. The lowest BCUT2D eigenvalue weighted by molar-refractivity contribution is -0.120. The van der Waals surface area contributed by atoms with E-state index < -0.39 is 11.3 Å². The molecule has 6 heteroatoms. The molecule has 122 valence electrons. The molecule has 1 aliphatic heterocycles. The smallest absolute Gasteiger partial charge is 0.250 e.